The monoisotopic (exact) mass is 196 g/mol. The van der Waals surface area contributed by atoms with Gasteiger partial charge >= 0.3 is 0 Å². The van der Waals surface area contributed by atoms with Gasteiger partial charge in [0.05, 0.1) is 6.61 Å². The molecule has 0 spiro atoms. The molecule has 0 aliphatic rings. The summed E-state index contributed by atoms with van der Waals surface area (Å²) >= 11 is 0. The van der Waals surface area contributed by atoms with Crippen LogP contribution >= 0.6 is 0 Å². The smallest absolute Gasteiger partial charge is 0.0649 e. The van der Waals surface area contributed by atoms with E-state index in [0.717, 1.165) is 26.1 Å². The van der Waals surface area contributed by atoms with Crippen LogP contribution in [0.2, 0.25) is 0 Å². The molecule has 0 unspecified atom stereocenters. The molecule has 0 amide bonds. The van der Waals surface area contributed by atoms with Gasteiger partial charge in [0.15, 0.2) is 0 Å². The van der Waals surface area contributed by atoms with E-state index < -0.39 is 0 Å². The average Bonchev–Trinajstić information content (AvgIpc) is 2.12. The molecule has 1 nitrogen and oxygen atoms in total. The Morgan fingerprint density at radius 1 is 1.29 bits per heavy atom. The Hall–Kier alpha value is -0.560. The van der Waals surface area contributed by atoms with Crippen molar-refractivity contribution in [3.8, 4) is 0 Å². The van der Waals surface area contributed by atoms with Gasteiger partial charge in [-0.05, 0) is 39.5 Å². The maximum absolute atomic E-state index is 5.39. The van der Waals surface area contributed by atoms with Crippen molar-refractivity contribution in [2.45, 2.75) is 46.5 Å². The predicted molar refractivity (Wildman–Crippen MR) is 63.5 cm³/mol. The standard InChI is InChI=1S/C13H24O/c1-5-10-14-11-9-13(4)8-6-7-12(2)3/h9H,2,5-8,10-11H2,1,3-4H3. The Morgan fingerprint density at radius 3 is 2.57 bits per heavy atom. The Bertz CT molecular complexity index is 180. The summed E-state index contributed by atoms with van der Waals surface area (Å²) in [5.74, 6) is 0. The van der Waals surface area contributed by atoms with Gasteiger partial charge in [-0.2, -0.15) is 0 Å². The molecule has 0 fully saturated rings. The molecule has 0 N–H and O–H groups in total. The molecule has 0 saturated carbocycles. The van der Waals surface area contributed by atoms with E-state index in [4.69, 9.17) is 4.74 Å². The summed E-state index contributed by atoms with van der Waals surface area (Å²) in [5, 5.41) is 0. The molecule has 0 bridgehead atoms. The van der Waals surface area contributed by atoms with Crippen LogP contribution in [0.1, 0.15) is 46.5 Å². The van der Waals surface area contributed by atoms with E-state index in [2.05, 4.69) is 33.4 Å². The van der Waals surface area contributed by atoms with Gasteiger partial charge in [0.1, 0.15) is 0 Å². The SMILES string of the molecule is C=C(C)CCCC(C)=CCOCCC. The zero-order chi connectivity index (χ0) is 10.8. The lowest BCUT2D eigenvalue weighted by Gasteiger charge is -2.02. The first-order valence-electron chi connectivity index (χ1n) is 5.54. The van der Waals surface area contributed by atoms with Gasteiger partial charge in [-0.1, -0.05) is 24.1 Å². The maximum atomic E-state index is 5.39. The van der Waals surface area contributed by atoms with Crippen molar-refractivity contribution in [2.75, 3.05) is 13.2 Å². The molecule has 0 aliphatic carbocycles. The highest BCUT2D eigenvalue weighted by Crippen LogP contribution is 2.09. The molecule has 0 heterocycles. The van der Waals surface area contributed by atoms with Crippen LogP contribution in [0.3, 0.4) is 0 Å². The van der Waals surface area contributed by atoms with Crippen molar-refractivity contribution in [2.24, 2.45) is 0 Å². The summed E-state index contributed by atoms with van der Waals surface area (Å²) < 4.78 is 5.39. The minimum atomic E-state index is 0.771. The van der Waals surface area contributed by atoms with Crippen molar-refractivity contribution in [3.05, 3.63) is 23.8 Å². The molecule has 0 aromatic carbocycles. The second kappa shape index (κ2) is 9.01. The first-order valence-corrected chi connectivity index (χ1v) is 5.54. The summed E-state index contributed by atoms with van der Waals surface area (Å²) in [5.41, 5.74) is 2.71. The molecular weight excluding hydrogens is 172 g/mol. The Balaban J connectivity index is 3.41. The molecule has 0 rings (SSSR count). The molecule has 0 aromatic heterocycles. The molecule has 0 aromatic rings. The van der Waals surface area contributed by atoms with Crippen molar-refractivity contribution < 1.29 is 4.74 Å². The molecule has 82 valence electrons. The first-order chi connectivity index (χ1) is 6.66. The van der Waals surface area contributed by atoms with Gasteiger partial charge in [-0.3, -0.25) is 0 Å². The second-order valence-electron chi connectivity index (χ2n) is 3.94. The Kier molecular flexibility index (Phi) is 8.65. The largest absolute Gasteiger partial charge is 0.377 e. The third-order valence-corrected chi connectivity index (χ3v) is 2.07. The molecule has 0 atom stereocenters. The van der Waals surface area contributed by atoms with E-state index in [9.17, 15) is 0 Å². The van der Waals surface area contributed by atoms with Crippen LogP contribution < -0.4 is 0 Å². The van der Waals surface area contributed by atoms with Crippen LogP contribution in [-0.2, 0) is 4.74 Å². The normalized spacial score (nSPS) is 11.8. The van der Waals surface area contributed by atoms with Gasteiger partial charge in [0.25, 0.3) is 0 Å². The fraction of sp³-hybridized carbons (Fsp3) is 0.692. The van der Waals surface area contributed by atoms with E-state index in [0.29, 0.717) is 0 Å². The topological polar surface area (TPSA) is 9.23 Å². The lowest BCUT2D eigenvalue weighted by atomic mass is 10.1. The van der Waals surface area contributed by atoms with E-state index in [1.807, 2.05) is 0 Å². The minimum Gasteiger partial charge on any atom is -0.377 e. The van der Waals surface area contributed by atoms with Gasteiger partial charge in [-0.15, -0.1) is 6.58 Å². The number of ether oxygens (including phenoxy) is 1. The van der Waals surface area contributed by atoms with Crippen molar-refractivity contribution >= 4 is 0 Å². The van der Waals surface area contributed by atoms with Gasteiger partial charge in [-0.25, -0.2) is 0 Å². The zero-order valence-electron chi connectivity index (χ0n) is 9.94. The summed E-state index contributed by atoms with van der Waals surface area (Å²) in [6.45, 7) is 11.9. The Morgan fingerprint density at radius 2 is 2.00 bits per heavy atom. The summed E-state index contributed by atoms with van der Waals surface area (Å²) in [7, 11) is 0. The second-order valence-corrected chi connectivity index (χ2v) is 3.94. The highest BCUT2D eigenvalue weighted by atomic mass is 16.5. The third kappa shape index (κ3) is 9.53. The van der Waals surface area contributed by atoms with Gasteiger partial charge in [0, 0.05) is 6.61 Å². The maximum Gasteiger partial charge on any atom is 0.0649 e. The quantitative estimate of drug-likeness (QED) is 0.419. The van der Waals surface area contributed by atoms with Crippen LogP contribution in [-0.4, -0.2) is 13.2 Å². The zero-order valence-corrected chi connectivity index (χ0v) is 9.94. The van der Waals surface area contributed by atoms with Crippen LogP contribution in [0.15, 0.2) is 23.8 Å². The van der Waals surface area contributed by atoms with Gasteiger partial charge < -0.3 is 4.74 Å². The van der Waals surface area contributed by atoms with E-state index >= 15 is 0 Å². The van der Waals surface area contributed by atoms with E-state index in [1.165, 1.54) is 24.0 Å². The fourth-order valence-corrected chi connectivity index (χ4v) is 1.20. The Labute approximate surface area is 88.9 Å². The molecule has 0 aliphatic heterocycles. The number of hydrogen-bond acceptors (Lipinski definition) is 1. The molecule has 0 radical (unpaired) electrons. The molecule has 14 heavy (non-hydrogen) atoms. The molecular formula is C13H24O. The highest BCUT2D eigenvalue weighted by Gasteiger charge is 1.91. The summed E-state index contributed by atoms with van der Waals surface area (Å²) in [6.07, 6.45) is 6.81. The predicted octanol–water partition coefficient (Wildman–Crippen LogP) is 4.11. The third-order valence-electron chi connectivity index (χ3n) is 2.07. The van der Waals surface area contributed by atoms with Crippen LogP contribution in [0.4, 0.5) is 0 Å². The van der Waals surface area contributed by atoms with Crippen LogP contribution in [0.25, 0.3) is 0 Å². The van der Waals surface area contributed by atoms with Crippen molar-refractivity contribution in [1.29, 1.82) is 0 Å². The average molecular weight is 196 g/mol. The first kappa shape index (κ1) is 13.4. The summed E-state index contributed by atoms with van der Waals surface area (Å²) in [6, 6.07) is 0. The highest BCUT2D eigenvalue weighted by molar-refractivity contribution is 4.99. The lowest BCUT2D eigenvalue weighted by Crippen LogP contribution is -1.93. The van der Waals surface area contributed by atoms with E-state index in [-0.39, 0.29) is 0 Å². The fourth-order valence-electron chi connectivity index (χ4n) is 1.20. The van der Waals surface area contributed by atoms with E-state index in [1.54, 1.807) is 0 Å². The van der Waals surface area contributed by atoms with Crippen LogP contribution in [0, 0.1) is 0 Å². The molecule has 1 heteroatoms. The van der Waals surface area contributed by atoms with Crippen molar-refractivity contribution in [1.82, 2.24) is 0 Å². The van der Waals surface area contributed by atoms with Crippen molar-refractivity contribution in [3.63, 3.8) is 0 Å². The summed E-state index contributed by atoms with van der Waals surface area (Å²) in [4.78, 5) is 0. The lowest BCUT2D eigenvalue weighted by molar-refractivity contribution is 0.162. The number of rotatable bonds is 8. The molecule has 0 saturated heterocycles. The van der Waals surface area contributed by atoms with Gasteiger partial charge in [0.2, 0.25) is 0 Å². The van der Waals surface area contributed by atoms with Crippen LogP contribution in [0.5, 0.6) is 0 Å². The number of allylic oxidation sites excluding steroid dienone is 2. The minimum absolute atomic E-state index is 0.771. The number of hydrogen-bond donors (Lipinski definition) is 0.